The fourth-order valence-corrected chi connectivity index (χ4v) is 1.06. The summed E-state index contributed by atoms with van der Waals surface area (Å²) < 4.78 is 0. The lowest BCUT2D eigenvalue weighted by atomic mass is 10.1. The number of hydrogen-bond acceptors (Lipinski definition) is 3. The second-order valence-corrected chi connectivity index (χ2v) is 2.78. The summed E-state index contributed by atoms with van der Waals surface area (Å²) in [6.45, 7) is -0.403. The Morgan fingerprint density at radius 1 is 1.64 bits per heavy atom. The third-order valence-corrected chi connectivity index (χ3v) is 1.96. The molecular formula is C6H11NO4. The highest BCUT2D eigenvalue weighted by atomic mass is 16.4. The standard InChI is InChI=1S/C6H11NO4/c8-3-4(9)6(1-2-6)7-5(10)11/h4,7-9H,1-3H2,(H,10,11). The lowest BCUT2D eigenvalue weighted by Gasteiger charge is -2.19. The van der Waals surface area contributed by atoms with E-state index in [-0.39, 0.29) is 0 Å². The van der Waals surface area contributed by atoms with E-state index >= 15 is 0 Å². The summed E-state index contributed by atoms with van der Waals surface area (Å²) in [4.78, 5) is 10.2. The van der Waals surface area contributed by atoms with Crippen molar-refractivity contribution in [1.29, 1.82) is 0 Å². The zero-order chi connectivity index (χ0) is 8.48. The molecule has 11 heavy (non-hydrogen) atoms. The van der Waals surface area contributed by atoms with E-state index in [1.807, 2.05) is 0 Å². The highest BCUT2D eigenvalue weighted by molar-refractivity contribution is 5.66. The molecule has 64 valence electrons. The van der Waals surface area contributed by atoms with Crippen LogP contribution < -0.4 is 5.32 Å². The molecule has 0 aromatic rings. The van der Waals surface area contributed by atoms with Gasteiger partial charge in [-0.2, -0.15) is 0 Å². The molecule has 1 amide bonds. The fourth-order valence-electron chi connectivity index (χ4n) is 1.06. The van der Waals surface area contributed by atoms with Crippen molar-refractivity contribution in [3.05, 3.63) is 0 Å². The van der Waals surface area contributed by atoms with Gasteiger partial charge in [0.1, 0.15) is 6.10 Å². The molecule has 4 N–H and O–H groups in total. The molecule has 1 unspecified atom stereocenters. The Balaban J connectivity index is 2.46. The van der Waals surface area contributed by atoms with Gasteiger partial charge < -0.3 is 20.6 Å². The van der Waals surface area contributed by atoms with Gasteiger partial charge in [0.05, 0.1) is 12.1 Å². The minimum atomic E-state index is -1.16. The molecule has 1 aliphatic rings. The van der Waals surface area contributed by atoms with Crippen molar-refractivity contribution in [2.75, 3.05) is 6.61 Å². The van der Waals surface area contributed by atoms with Crippen LogP contribution in [-0.2, 0) is 0 Å². The predicted molar refractivity (Wildman–Crippen MR) is 36.2 cm³/mol. The van der Waals surface area contributed by atoms with Crippen LogP contribution in [0.25, 0.3) is 0 Å². The average molecular weight is 161 g/mol. The van der Waals surface area contributed by atoms with E-state index in [2.05, 4.69) is 5.32 Å². The van der Waals surface area contributed by atoms with Crippen LogP contribution in [0.15, 0.2) is 0 Å². The minimum Gasteiger partial charge on any atom is -0.465 e. The molecule has 0 saturated heterocycles. The minimum absolute atomic E-state index is 0.403. The molecule has 5 heteroatoms. The first-order valence-electron chi connectivity index (χ1n) is 3.41. The van der Waals surface area contributed by atoms with Gasteiger partial charge in [0, 0.05) is 0 Å². The zero-order valence-electron chi connectivity index (χ0n) is 5.95. The molecule has 0 spiro atoms. The molecule has 0 aliphatic heterocycles. The van der Waals surface area contributed by atoms with E-state index in [4.69, 9.17) is 15.3 Å². The van der Waals surface area contributed by atoms with Crippen LogP contribution in [-0.4, -0.2) is 39.7 Å². The smallest absolute Gasteiger partial charge is 0.405 e. The van der Waals surface area contributed by atoms with Gasteiger partial charge in [0.25, 0.3) is 0 Å². The molecule has 0 aromatic heterocycles. The molecule has 0 radical (unpaired) electrons. The van der Waals surface area contributed by atoms with E-state index in [9.17, 15) is 4.79 Å². The van der Waals surface area contributed by atoms with Crippen molar-refractivity contribution < 1.29 is 20.1 Å². The number of carbonyl (C=O) groups is 1. The zero-order valence-corrected chi connectivity index (χ0v) is 5.95. The topological polar surface area (TPSA) is 89.8 Å². The van der Waals surface area contributed by atoms with E-state index < -0.39 is 24.3 Å². The van der Waals surface area contributed by atoms with Gasteiger partial charge in [-0.3, -0.25) is 0 Å². The maximum Gasteiger partial charge on any atom is 0.405 e. The number of aliphatic hydroxyl groups excluding tert-OH is 2. The van der Waals surface area contributed by atoms with Crippen LogP contribution in [0, 0.1) is 0 Å². The van der Waals surface area contributed by atoms with Gasteiger partial charge in [0.15, 0.2) is 0 Å². The summed E-state index contributed by atoms with van der Waals surface area (Å²) in [6, 6.07) is 0. The monoisotopic (exact) mass is 161 g/mol. The van der Waals surface area contributed by atoms with Crippen molar-refractivity contribution in [3.63, 3.8) is 0 Å². The Morgan fingerprint density at radius 2 is 2.18 bits per heavy atom. The summed E-state index contributed by atoms with van der Waals surface area (Å²) >= 11 is 0. The summed E-state index contributed by atoms with van der Waals surface area (Å²) in [5.74, 6) is 0. The quantitative estimate of drug-likeness (QED) is 0.433. The largest absolute Gasteiger partial charge is 0.465 e. The molecule has 1 aliphatic carbocycles. The lowest BCUT2D eigenvalue weighted by Crippen LogP contribution is -2.46. The second kappa shape index (κ2) is 2.67. The number of nitrogens with one attached hydrogen (secondary N) is 1. The van der Waals surface area contributed by atoms with E-state index in [1.54, 1.807) is 0 Å². The summed E-state index contributed by atoms with van der Waals surface area (Å²) in [6.07, 6.45) is -0.934. The normalized spacial score (nSPS) is 22.4. The molecule has 0 heterocycles. The third kappa shape index (κ3) is 1.61. The van der Waals surface area contributed by atoms with Gasteiger partial charge >= 0.3 is 6.09 Å². The van der Waals surface area contributed by atoms with Crippen LogP contribution in [0.4, 0.5) is 4.79 Å². The van der Waals surface area contributed by atoms with Crippen molar-refractivity contribution in [2.45, 2.75) is 24.5 Å². The van der Waals surface area contributed by atoms with Gasteiger partial charge in [-0.05, 0) is 12.8 Å². The first kappa shape index (κ1) is 8.29. The van der Waals surface area contributed by atoms with Crippen LogP contribution >= 0.6 is 0 Å². The Bertz CT molecular complexity index is 166. The predicted octanol–water partition coefficient (Wildman–Crippen LogP) is -0.860. The number of aliphatic hydroxyl groups is 2. The first-order chi connectivity index (χ1) is 5.10. The average Bonchev–Trinajstić information content (AvgIpc) is 2.67. The fraction of sp³-hybridized carbons (Fsp3) is 0.833. The van der Waals surface area contributed by atoms with Crippen LogP contribution in [0.1, 0.15) is 12.8 Å². The van der Waals surface area contributed by atoms with Gasteiger partial charge in [-0.15, -0.1) is 0 Å². The second-order valence-electron chi connectivity index (χ2n) is 2.78. The lowest BCUT2D eigenvalue weighted by molar-refractivity contribution is 0.0535. The van der Waals surface area contributed by atoms with Gasteiger partial charge in [-0.1, -0.05) is 0 Å². The maximum absolute atomic E-state index is 10.2. The van der Waals surface area contributed by atoms with Crippen molar-refractivity contribution in [1.82, 2.24) is 5.32 Å². The third-order valence-electron chi connectivity index (χ3n) is 1.96. The molecule has 1 rings (SSSR count). The summed E-state index contributed by atoms with van der Waals surface area (Å²) in [7, 11) is 0. The molecule has 1 saturated carbocycles. The van der Waals surface area contributed by atoms with Crippen molar-refractivity contribution in [2.24, 2.45) is 0 Å². The Kier molecular flexibility index (Phi) is 2.01. The Hall–Kier alpha value is -0.810. The maximum atomic E-state index is 10.2. The first-order valence-corrected chi connectivity index (χ1v) is 3.41. The molecule has 0 bridgehead atoms. The molecule has 1 fully saturated rings. The molecular weight excluding hydrogens is 150 g/mol. The summed E-state index contributed by atoms with van der Waals surface area (Å²) in [5.41, 5.74) is -0.763. The highest BCUT2D eigenvalue weighted by Gasteiger charge is 2.50. The van der Waals surface area contributed by atoms with Crippen molar-refractivity contribution >= 4 is 6.09 Å². The number of hydrogen-bond donors (Lipinski definition) is 4. The Morgan fingerprint density at radius 3 is 2.45 bits per heavy atom. The van der Waals surface area contributed by atoms with Crippen molar-refractivity contribution in [3.8, 4) is 0 Å². The summed E-state index contributed by atoms with van der Waals surface area (Å²) in [5, 5.41) is 28.2. The van der Waals surface area contributed by atoms with E-state index in [0.717, 1.165) is 0 Å². The van der Waals surface area contributed by atoms with Crippen LogP contribution in [0.5, 0.6) is 0 Å². The SMILES string of the molecule is O=C(O)NC1(C(O)CO)CC1. The van der Waals surface area contributed by atoms with E-state index in [0.29, 0.717) is 12.8 Å². The van der Waals surface area contributed by atoms with Crippen LogP contribution in [0.2, 0.25) is 0 Å². The molecule has 0 aromatic carbocycles. The van der Waals surface area contributed by atoms with Crippen LogP contribution in [0.3, 0.4) is 0 Å². The highest BCUT2D eigenvalue weighted by Crippen LogP contribution is 2.38. The van der Waals surface area contributed by atoms with E-state index in [1.165, 1.54) is 0 Å². The Labute approximate surface area is 63.7 Å². The van der Waals surface area contributed by atoms with Gasteiger partial charge in [-0.25, -0.2) is 4.79 Å². The molecule has 1 atom stereocenters. The number of rotatable bonds is 3. The molecule has 5 nitrogen and oxygen atoms in total. The number of amides is 1. The number of carboxylic acid groups (broad SMARTS) is 1. The van der Waals surface area contributed by atoms with Gasteiger partial charge in [0.2, 0.25) is 0 Å².